The highest BCUT2D eigenvalue weighted by atomic mass is 14.8. The zero-order valence-corrected chi connectivity index (χ0v) is 9.89. The van der Waals surface area contributed by atoms with E-state index in [2.05, 4.69) is 50.9 Å². The van der Waals surface area contributed by atoms with E-state index < -0.39 is 0 Å². The zero-order chi connectivity index (χ0) is 11.0. The van der Waals surface area contributed by atoms with Crippen LogP contribution < -0.4 is 0 Å². The lowest BCUT2D eigenvalue weighted by Gasteiger charge is -2.08. The van der Waals surface area contributed by atoms with Crippen molar-refractivity contribution in [2.45, 2.75) is 27.7 Å². The van der Waals surface area contributed by atoms with Crippen LogP contribution in [0.25, 0.3) is 5.57 Å². The lowest BCUT2D eigenvalue weighted by molar-refractivity contribution is 1.18. The van der Waals surface area contributed by atoms with Crippen LogP contribution in [0.3, 0.4) is 0 Å². The maximum Gasteiger partial charge on any atom is 0.0610 e. The van der Waals surface area contributed by atoms with Gasteiger partial charge in [0.15, 0.2) is 0 Å². The minimum Gasteiger partial charge on any atom is -0.285 e. The molecule has 1 aliphatic heterocycles. The quantitative estimate of drug-likeness (QED) is 0.656. The van der Waals surface area contributed by atoms with Gasteiger partial charge in [0.2, 0.25) is 0 Å². The fourth-order valence-corrected chi connectivity index (χ4v) is 2.06. The molecule has 1 heteroatoms. The molecule has 1 heterocycles. The Kier molecular flexibility index (Phi) is 2.47. The Balaban J connectivity index is 2.51. The van der Waals surface area contributed by atoms with Crippen LogP contribution in [0.5, 0.6) is 0 Å². The van der Waals surface area contributed by atoms with Crippen LogP contribution in [0.15, 0.2) is 28.8 Å². The van der Waals surface area contributed by atoms with Gasteiger partial charge in [-0.15, -0.1) is 0 Å². The first-order valence-electron chi connectivity index (χ1n) is 5.38. The van der Waals surface area contributed by atoms with E-state index in [0.29, 0.717) is 0 Å². The second-order valence-electron chi connectivity index (χ2n) is 4.36. The number of nitrogens with zero attached hydrogens (tertiary/aromatic N) is 1. The summed E-state index contributed by atoms with van der Waals surface area (Å²) in [7, 11) is 0. The summed E-state index contributed by atoms with van der Waals surface area (Å²) in [5.74, 6) is 0. The maximum absolute atomic E-state index is 4.47. The molecule has 0 saturated carbocycles. The zero-order valence-electron chi connectivity index (χ0n) is 9.89. The van der Waals surface area contributed by atoms with Crippen molar-refractivity contribution in [2.24, 2.45) is 4.99 Å². The molecule has 78 valence electrons. The van der Waals surface area contributed by atoms with Crippen molar-refractivity contribution < 1.29 is 0 Å². The molecule has 2 rings (SSSR count). The minimum atomic E-state index is 0.869. The lowest BCUT2D eigenvalue weighted by Crippen LogP contribution is -1.95. The highest BCUT2D eigenvalue weighted by Gasteiger charge is 2.14. The topological polar surface area (TPSA) is 12.4 Å². The smallest absolute Gasteiger partial charge is 0.0610 e. The summed E-state index contributed by atoms with van der Waals surface area (Å²) in [4.78, 5) is 4.47. The van der Waals surface area contributed by atoms with Crippen molar-refractivity contribution >= 4 is 11.3 Å². The van der Waals surface area contributed by atoms with Crippen molar-refractivity contribution in [1.29, 1.82) is 0 Å². The molecule has 0 aromatic heterocycles. The molecule has 0 bridgehead atoms. The van der Waals surface area contributed by atoms with Gasteiger partial charge in [0, 0.05) is 11.3 Å². The molecule has 1 aliphatic rings. The van der Waals surface area contributed by atoms with Gasteiger partial charge >= 0.3 is 0 Å². The van der Waals surface area contributed by atoms with Crippen LogP contribution in [0.4, 0.5) is 0 Å². The molecule has 0 N–H and O–H groups in total. The van der Waals surface area contributed by atoms with Crippen molar-refractivity contribution in [3.8, 4) is 0 Å². The summed E-state index contributed by atoms with van der Waals surface area (Å²) in [6.45, 7) is 9.45. The van der Waals surface area contributed by atoms with Gasteiger partial charge in [-0.25, -0.2) is 0 Å². The number of aryl methyl sites for hydroxylation is 2. The van der Waals surface area contributed by atoms with Crippen molar-refractivity contribution in [3.63, 3.8) is 0 Å². The Labute approximate surface area is 91.6 Å². The van der Waals surface area contributed by atoms with Crippen LogP contribution in [0.2, 0.25) is 0 Å². The Morgan fingerprint density at radius 3 is 2.27 bits per heavy atom. The third kappa shape index (κ3) is 1.74. The Morgan fingerprint density at radius 2 is 1.73 bits per heavy atom. The fourth-order valence-electron chi connectivity index (χ4n) is 2.06. The van der Waals surface area contributed by atoms with Crippen LogP contribution >= 0.6 is 0 Å². The normalized spacial score (nSPS) is 15.9. The number of hydrogen-bond acceptors (Lipinski definition) is 1. The van der Waals surface area contributed by atoms with E-state index in [0.717, 1.165) is 6.54 Å². The van der Waals surface area contributed by atoms with E-state index >= 15 is 0 Å². The Morgan fingerprint density at radius 1 is 1.00 bits per heavy atom. The van der Waals surface area contributed by atoms with Crippen LogP contribution in [-0.4, -0.2) is 12.3 Å². The Hall–Kier alpha value is -1.37. The molecule has 0 atom stereocenters. The van der Waals surface area contributed by atoms with Gasteiger partial charge < -0.3 is 0 Å². The number of rotatable bonds is 1. The van der Waals surface area contributed by atoms with Crippen LogP contribution in [-0.2, 0) is 0 Å². The maximum atomic E-state index is 4.47. The molecule has 0 amide bonds. The fraction of sp³-hybridized carbons (Fsp3) is 0.357. The molecule has 15 heavy (non-hydrogen) atoms. The number of benzene rings is 1. The van der Waals surface area contributed by atoms with Gasteiger partial charge in [0.05, 0.1) is 6.54 Å². The largest absolute Gasteiger partial charge is 0.285 e. The lowest BCUT2D eigenvalue weighted by atomic mass is 9.96. The summed E-state index contributed by atoms with van der Waals surface area (Å²) in [5, 5.41) is 0. The van der Waals surface area contributed by atoms with Crippen molar-refractivity contribution in [1.82, 2.24) is 0 Å². The van der Waals surface area contributed by atoms with Gasteiger partial charge in [0.1, 0.15) is 0 Å². The molecule has 0 unspecified atom stereocenters. The van der Waals surface area contributed by atoms with Crippen molar-refractivity contribution in [2.75, 3.05) is 6.54 Å². The van der Waals surface area contributed by atoms with Gasteiger partial charge in [0.25, 0.3) is 0 Å². The molecule has 1 aromatic rings. The molecule has 0 saturated heterocycles. The molecular weight excluding hydrogens is 182 g/mol. The van der Waals surface area contributed by atoms with Crippen LogP contribution in [0, 0.1) is 13.8 Å². The minimum absolute atomic E-state index is 0.869. The van der Waals surface area contributed by atoms with Crippen molar-refractivity contribution in [3.05, 3.63) is 40.5 Å². The first-order chi connectivity index (χ1) is 7.09. The number of allylic oxidation sites excluding steroid dienone is 1. The van der Waals surface area contributed by atoms with E-state index in [1.807, 2.05) is 0 Å². The van der Waals surface area contributed by atoms with E-state index in [1.54, 1.807) is 0 Å². The SMILES string of the molecule is CC1=NCC(C)=C1c1ccc(C)c(C)c1. The molecule has 0 aliphatic carbocycles. The van der Waals surface area contributed by atoms with E-state index in [-0.39, 0.29) is 0 Å². The average Bonchev–Trinajstić information content (AvgIpc) is 2.52. The second kappa shape index (κ2) is 3.65. The molecule has 0 radical (unpaired) electrons. The molecular formula is C14H17N. The summed E-state index contributed by atoms with van der Waals surface area (Å²) in [5.41, 5.74) is 7.93. The van der Waals surface area contributed by atoms with E-state index in [9.17, 15) is 0 Å². The Bertz CT molecular complexity index is 464. The van der Waals surface area contributed by atoms with Gasteiger partial charge in [-0.2, -0.15) is 0 Å². The van der Waals surface area contributed by atoms with Gasteiger partial charge in [-0.1, -0.05) is 18.2 Å². The standard InChI is InChI=1S/C14H17N/c1-9-5-6-13(7-10(9)2)14-11(3)8-15-12(14)4/h5-7H,8H2,1-4H3. The summed E-state index contributed by atoms with van der Waals surface area (Å²) in [6, 6.07) is 6.65. The monoisotopic (exact) mass is 199 g/mol. The highest BCUT2D eigenvalue weighted by molar-refractivity contribution is 6.25. The summed E-state index contributed by atoms with van der Waals surface area (Å²) < 4.78 is 0. The summed E-state index contributed by atoms with van der Waals surface area (Å²) in [6.07, 6.45) is 0. The second-order valence-corrected chi connectivity index (χ2v) is 4.36. The van der Waals surface area contributed by atoms with E-state index in [4.69, 9.17) is 0 Å². The molecule has 1 nitrogen and oxygen atoms in total. The number of aliphatic imine (C=N–C) groups is 1. The highest BCUT2D eigenvalue weighted by Crippen LogP contribution is 2.26. The van der Waals surface area contributed by atoms with Crippen LogP contribution in [0.1, 0.15) is 30.5 Å². The third-order valence-corrected chi connectivity index (χ3v) is 3.14. The first kappa shape index (κ1) is 10.2. The molecule has 0 fully saturated rings. The molecule has 0 spiro atoms. The van der Waals surface area contributed by atoms with Gasteiger partial charge in [-0.05, 0) is 50.0 Å². The van der Waals surface area contributed by atoms with Gasteiger partial charge in [-0.3, -0.25) is 4.99 Å². The van der Waals surface area contributed by atoms with E-state index in [1.165, 1.54) is 33.5 Å². The predicted octanol–water partition coefficient (Wildman–Crippen LogP) is 3.55. The first-order valence-corrected chi connectivity index (χ1v) is 5.38. The predicted molar refractivity (Wildman–Crippen MR) is 66.5 cm³/mol. The molecule has 1 aromatic carbocycles. The third-order valence-electron chi connectivity index (χ3n) is 3.14. The number of hydrogen-bond donors (Lipinski definition) is 0. The average molecular weight is 199 g/mol. The summed E-state index contributed by atoms with van der Waals surface area (Å²) >= 11 is 0.